The van der Waals surface area contributed by atoms with Gasteiger partial charge in [0.1, 0.15) is 5.69 Å². The van der Waals surface area contributed by atoms with Crippen LogP contribution >= 0.6 is 0 Å². The van der Waals surface area contributed by atoms with Crippen molar-refractivity contribution < 1.29 is 18.0 Å². The lowest BCUT2D eigenvalue weighted by Gasteiger charge is -2.45. The number of benzene rings is 1. The van der Waals surface area contributed by atoms with E-state index in [9.17, 15) is 18.0 Å². The van der Waals surface area contributed by atoms with Crippen LogP contribution in [-0.4, -0.2) is 36.0 Å². The number of pyridine rings is 1. The first-order chi connectivity index (χ1) is 15.9. The second kappa shape index (κ2) is 7.19. The average Bonchev–Trinajstić information content (AvgIpc) is 3.40. The molecule has 2 aliphatic rings. The summed E-state index contributed by atoms with van der Waals surface area (Å²) in [5.41, 5.74) is 3.77. The summed E-state index contributed by atoms with van der Waals surface area (Å²) < 4.78 is 44.9. The lowest BCUT2D eigenvalue weighted by molar-refractivity contribution is 0.0384. The largest absolute Gasteiger partial charge is 0.325 e. The Morgan fingerprint density at radius 2 is 1.91 bits per heavy atom. The van der Waals surface area contributed by atoms with Gasteiger partial charge >= 0.3 is 0 Å². The van der Waals surface area contributed by atoms with Gasteiger partial charge in [-0.3, -0.25) is 13.9 Å². The van der Waals surface area contributed by atoms with E-state index in [1.54, 1.807) is 34.7 Å². The molecule has 2 atom stereocenters. The van der Waals surface area contributed by atoms with Crippen LogP contribution in [0.25, 0.3) is 16.8 Å². The molecule has 3 aromatic heterocycles. The minimum Gasteiger partial charge on any atom is -0.325 e. The fourth-order valence-electron chi connectivity index (χ4n) is 5.46. The van der Waals surface area contributed by atoms with Gasteiger partial charge in [-0.1, -0.05) is 6.07 Å². The summed E-state index contributed by atoms with van der Waals surface area (Å²) in [4.78, 5) is 19.8. The summed E-state index contributed by atoms with van der Waals surface area (Å²) in [5, 5.41) is 4.67. The van der Waals surface area contributed by atoms with Gasteiger partial charge < -0.3 is 4.90 Å². The van der Waals surface area contributed by atoms with Crippen molar-refractivity contribution in [2.75, 3.05) is 0 Å². The average molecular weight is 451 g/mol. The van der Waals surface area contributed by atoms with Crippen LogP contribution in [0.3, 0.4) is 0 Å². The van der Waals surface area contributed by atoms with Crippen molar-refractivity contribution in [3.05, 3.63) is 77.3 Å². The SMILES string of the molecule is Cn1nc2c(c1-c1cc(F)c(F)c(F)c1)C[C@H]1CCC[C@@H]2N1C(=O)c1cccc2cncn12. The molecule has 33 heavy (non-hydrogen) atoms. The van der Waals surface area contributed by atoms with Crippen molar-refractivity contribution >= 4 is 11.4 Å². The number of fused-ring (bicyclic) bond motifs is 5. The number of rotatable bonds is 2. The summed E-state index contributed by atoms with van der Waals surface area (Å²) in [7, 11) is 1.70. The Bertz CT molecular complexity index is 1400. The Morgan fingerprint density at radius 3 is 2.70 bits per heavy atom. The Kier molecular flexibility index (Phi) is 4.36. The van der Waals surface area contributed by atoms with E-state index in [1.807, 2.05) is 17.0 Å². The Labute approximate surface area is 187 Å². The minimum absolute atomic E-state index is 0.0689. The molecular formula is C24H20F3N5O. The molecule has 2 bridgehead atoms. The summed E-state index contributed by atoms with van der Waals surface area (Å²) >= 11 is 0. The molecule has 1 fully saturated rings. The summed E-state index contributed by atoms with van der Waals surface area (Å²) in [5.74, 6) is -4.05. The third-order valence-corrected chi connectivity index (χ3v) is 6.83. The number of amides is 1. The highest BCUT2D eigenvalue weighted by atomic mass is 19.2. The zero-order valence-corrected chi connectivity index (χ0v) is 17.8. The van der Waals surface area contributed by atoms with E-state index in [4.69, 9.17) is 0 Å². The Morgan fingerprint density at radius 1 is 1.12 bits per heavy atom. The smallest absolute Gasteiger partial charge is 0.271 e. The number of carbonyl (C=O) groups excluding carboxylic acids is 1. The number of carbonyl (C=O) groups is 1. The molecule has 0 radical (unpaired) electrons. The van der Waals surface area contributed by atoms with Crippen LogP contribution in [-0.2, 0) is 13.5 Å². The van der Waals surface area contributed by atoms with Crippen molar-refractivity contribution in [1.29, 1.82) is 0 Å². The number of hydrogen-bond acceptors (Lipinski definition) is 3. The standard InChI is InChI=1S/C24H20F3N5O/c1-30-23(13-8-17(25)21(27)18(26)9-13)16-10-14-4-2-6-19(22(16)29-30)32(14)24(33)20-7-3-5-15-11-28-12-31(15)20/h3,5,7-9,11-12,14,19H,2,4,6,10H2,1H3/t14-,19+/m1/s1. The molecule has 0 N–H and O–H groups in total. The normalized spacial score (nSPS) is 19.7. The van der Waals surface area contributed by atoms with E-state index in [2.05, 4.69) is 10.1 Å². The molecular weight excluding hydrogens is 431 g/mol. The molecule has 6 nitrogen and oxygen atoms in total. The number of aryl methyl sites for hydroxylation is 1. The van der Waals surface area contributed by atoms with E-state index in [1.165, 1.54) is 0 Å². The fourth-order valence-corrected chi connectivity index (χ4v) is 5.46. The Hall–Kier alpha value is -3.62. The van der Waals surface area contributed by atoms with Gasteiger partial charge in [0.15, 0.2) is 17.5 Å². The van der Waals surface area contributed by atoms with Crippen LogP contribution in [0.5, 0.6) is 0 Å². The van der Waals surface area contributed by atoms with Crippen LogP contribution in [0.2, 0.25) is 0 Å². The third-order valence-electron chi connectivity index (χ3n) is 6.83. The van der Waals surface area contributed by atoms with Gasteiger partial charge in [-0.05, 0) is 49.9 Å². The summed E-state index contributed by atoms with van der Waals surface area (Å²) in [6.45, 7) is 0. The van der Waals surface area contributed by atoms with Gasteiger partial charge in [-0.25, -0.2) is 18.2 Å². The molecule has 1 saturated heterocycles. The molecule has 9 heteroatoms. The molecule has 6 rings (SSSR count). The molecule has 0 unspecified atom stereocenters. The van der Waals surface area contributed by atoms with E-state index in [0.717, 1.165) is 48.2 Å². The van der Waals surface area contributed by atoms with Crippen molar-refractivity contribution in [2.24, 2.45) is 7.05 Å². The molecule has 168 valence electrons. The predicted molar refractivity (Wildman–Crippen MR) is 114 cm³/mol. The van der Waals surface area contributed by atoms with E-state index in [0.29, 0.717) is 17.8 Å². The second-order valence-corrected chi connectivity index (χ2v) is 8.71. The first-order valence-corrected chi connectivity index (χ1v) is 10.9. The summed E-state index contributed by atoms with van der Waals surface area (Å²) in [6, 6.07) is 7.22. The lowest BCUT2D eigenvalue weighted by Crippen LogP contribution is -2.50. The number of piperidine rings is 1. The fraction of sp³-hybridized carbons (Fsp3) is 0.292. The molecule has 0 spiro atoms. The van der Waals surface area contributed by atoms with Crippen molar-refractivity contribution in [1.82, 2.24) is 24.1 Å². The maximum atomic E-state index is 14.0. The highest BCUT2D eigenvalue weighted by Gasteiger charge is 2.44. The lowest BCUT2D eigenvalue weighted by atomic mass is 9.81. The number of aromatic nitrogens is 4. The second-order valence-electron chi connectivity index (χ2n) is 8.71. The van der Waals surface area contributed by atoms with Gasteiger partial charge in [0.2, 0.25) is 0 Å². The molecule has 4 aromatic rings. The number of halogens is 3. The van der Waals surface area contributed by atoms with Crippen LogP contribution < -0.4 is 0 Å². The molecule has 0 aliphatic carbocycles. The van der Waals surface area contributed by atoms with Gasteiger partial charge in [0, 0.05) is 24.2 Å². The van der Waals surface area contributed by atoms with Crippen LogP contribution in [0.4, 0.5) is 13.2 Å². The van der Waals surface area contributed by atoms with Crippen molar-refractivity contribution in [2.45, 2.75) is 37.8 Å². The monoisotopic (exact) mass is 451 g/mol. The van der Waals surface area contributed by atoms with E-state index in [-0.39, 0.29) is 23.6 Å². The molecule has 0 saturated carbocycles. The van der Waals surface area contributed by atoms with Gasteiger partial charge in [0.05, 0.1) is 35.5 Å². The highest BCUT2D eigenvalue weighted by molar-refractivity contribution is 5.94. The van der Waals surface area contributed by atoms with Crippen LogP contribution in [0.1, 0.15) is 47.1 Å². The number of imidazole rings is 1. The highest BCUT2D eigenvalue weighted by Crippen LogP contribution is 2.45. The van der Waals surface area contributed by atoms with Gasteiger partial charge in [-0.15, -0.1) is 0 Å². The summed E-state index contributed by atoms with van der Waals surface area (Å²) in [6.07, 6.45) is 6.38. The van der Waals surface area contributed by atoms with Crippen LogP contribution in [0, 0.1) is 17.5 Å². The maximum absolute atomic E-state index is 14.0. The zero-order chi connectivity index (χ0) is 22.9. The van der Waals surface area contributed by atoms with Crippen LogP contribution in [0.15, 0.2) is 42.9 Å². The zero-order valence-electron chi connectivity index (χ0n) is 17.8. The molecule has 2 aliphatic heterocycles. The first kappa shape index (κ1) is 20.0. The number of nitrogens with zero attached hydrogens (tertiary/aromatic N) is 5. The predicted octanol–water partition coefficient (Wildman–Crippen LogP) is 4.44. The van der Waals surface area contributed by atoms with Crippen molar-refractivity contribution in [3.63, 3.8) is 0 Å². The third kappa shape index (κ3) is 2.91. The quantitative estimate of drug-likeness (QED) is 0.424. The van der Waals surface area contributed by atoms with Gasteiger partial charge in [0.25, 0.3) is 5.91 Å². The Balaban J connectivity index is 1.46. The molecule has 5 heterocycles. The topological polar surface area (TPSA) is 55.4 Å². The van der Waals surface area contributed by atoms with Gasteiger partial charge in [-0.2, -0.15) is 5.10 Å². The minimum atomic E-state index is -1.49. The molecule has 1 amide bonds. The number of hydrogen-bond donors (Lipinski definition) is 0. The van der Waals surface area contributed by atoms with E-state index >= 15 is 0 Å². The van der Waals surface area contributed by atoms with Crippen molar-refractivity contribution in [3.8, 4) is 11.3 Å². The van der Waals surface area contributed by atoms with E-state index < -0.39 is 17.5 Å². The first-order valence-electron chi connectivity index (χ1n) is 10.9. The molecule has 1 aromatic carbocycles. The maximum Gasteiger partial charge on any atom is 0.271 e.